The smallest absolute Gasteiger partial charge is 0.358 e. The zero-order valence-corrected chi connectivity index (χ0v) is 17.7. The molecule has 2 atom stereocenters. The monoisotopic (exact) mass is 421 g/mol. The Morgan fingerprint density at radius 3 is 2.61 bits per heavy atom. The molecule has 1 aromatic carbocycles. The molecule has 0 radical (unpaired) electrons. The molecule has 9 nitrogen and oxygen atoms in total. The molecule has 31 heavy (non-hydrogen) atoms. The molecule has 0 saturated heterocycles. The van der Waals surface area contributed by atoms with Gasteiger partial charge < -0.3 is 9.84 Å². The maximum Gasteiger partial charge on any atom is 0.358 e. The van der Waals surface area contributed by atoms with E-state index in [0.29, 0.717) is 11.4 Å². The Balaban J connectivity index is 2.32. The zero-order valence-electron chi connectivity index (χ0n) is 17.7. The van der Waals surface area contributed by atoms with Gasteiger partial charge in [0.05, 0.1) is 24.9 Å². The van der Waals surface area contributed by atoms with Gasteiger partial charge in [-0.25, -0.2) is 9.78 Å². The summed E-state index contributed by atoms with van der Waals surface area (Å²) in [5.41, 5.74) is 1.87. The number of methoxy groups -OCH3 is 1. The zero-order chi connectivity index (χ0) is 22.7. The first-order chi connectivity index (χ1) is 14.8. The number of ether oxygens (including phenoxy) is 1. The van der Waals surface area contributed by atoms with E-state index in [-0.39, 0.29) is 12.3 Å². The fourth-order valence-corrected chi connectivity index (χ4v) is 3.93. The lowest BCUT2D eigenvalue weighted by Gasteiger charge is -2.27. The van der Waals surface area contributed by atoms with Crippen LogP contribution in [0.1, 0.15) is 64.4 Å². The van der Waals surface area contributed by atoms with Crippen molar-refractivity contribution in [1.29, 1.82) is 5.26 Å². The molecule has 3 rings (SSSR count). The van der Waals surface area contributed by atoms with Gasteiger partial charge in [0.25, 0.3) is 5.56 Å². The third kappa shape index (κ3) is 3.80. The van der Waals surface area contributed by atoms with Gasteiger partial charge in [0, 0.05) is 29.6 Å². The molecule has 160 valence electrons. The fraction of sp³-hybridized carbons (Fsp3) is 0.318. The van der Waals surface area contributed by atoms with Gasteiger partial charge in [0.15, 0.2) is 5.69 Å². The molecule has 2 N–H and O–H groups in total. The summed E-state index contributed by atoms with van der Waals surface area (Å²) in [6.07, 6.45) is 1.68. The van der Waals surface area contributed by atoms with Crippen molar-refractivity contribution in [3.05, 3.63) is 74.7 Å². The van der Waals surface area contributed by atoms with E-state index in [9.17, 15) is 20.0 Å². The van der Waals surface area contributed by atoms with Gasteiger partial charge in [-0.3, -0.25) is 14.5 Å². The Bertz CT molecular complexity index is 1220. The minimum absolute atomic E-state index is 0.277. The average molecular weight is 421 g/mol. The first-order valence-corrected chi connectivity index (χ1v) is 9.76. The summed E-state index contributed by atoms with van der Waals surface area (Å²) in [4.78, 5) is 29.1. The molecule has 1 unspecified atom stereocenters. The highest BCUT2D eigenvalue weighted by Crippen LogP contribution is 2.40. The quantitative estimate of drug-likeness (QED) is 0.599. The molecule has 0 aliphatic heterocycles. The Morgan fingerprint density at radius 1 is 1.35 bits per heavy atom. The number of carboxylic acids is 1. The van der Waals surface area contributed by atoms with E-state index in [2.05, 4.69) is 21.3 Å². The van der Waals surface area contributed by atoms with E-state index < -0.39 is 29.1 Å². The van der Waals surface area contributed by atoms with Crippen LogP contribution in [0.15, 0.2) is 35.3 Å². The number of nitrogens with one attached hydrogen (secondary N) is 1. The van der Waals surface area contributed by atoms with Crippen molar-refractivity contribution in [3.63, 3.8) is 0 Å². The van der Waals surface area contributed by atoms with Crippen LogP contribution in [0.2, 0.25) is 0 Å². The van der Waals surface area contributed by atoms with Gasteiger partial charge in [-0.2, -0.15) is 10.4 Å². The van der Waals surface area contributed by atoms with Crippen molar-refractivity contribution in [2.24, 2.45) is 0 Å². The summed E-state index contributed by atoms with van der Waals surface area (Å²) < 4.78 is 6.46. The molecular formula is C22H23N5O4. The third-order valence-corrected chi connectivity index (χ3v) is 5.41. The van der Waals surface area contributed by atoms with Crippen LogP contribution in [0.25, 0.3) is 0 Å². The molecule has 2 heterocycles. The Kier molecular flexibility index (Phi) is 6.20. The van der Waals surface area contributed by atoms with Crippen LogP contribution in [0.4, 0.5) is 0 Å². The predicted octanol–water partition coefficient (Wildman–Crippen LogP) is 2.81. The van der Waals surface area contributed by atoms with E-state index >= 15 is 0 Å². The summed E-state index contributed by atoms with van der Waals surface area (Å²) >= 11 is 0. The lowest BCUT2D eigenvalue weighted by Crippen LogP contribution is -2.31. The van der Waals surface area contributed by atoms with Crippen molar-refractivity contribution in [2.45, 2.75) is 39.2 Å². The molecule has 0 aliphatic carbocycles. The van der Waals surface area contributed by atoms with Crippen LogP contribution >= 0.6 is 0 Å². The lowest BCUT2D eigenvalue weighted by molar-refractivity contribution is 0.0684. The number of hydrogen-bond acceptors (Lipinski definition) is 6. The van der Waals surface area contributed by atoms with Crippen LogP contribution in [0, 0.1) is 18.3 Å². The number of hydrogen-bond donors (Lipinski definition) is 2. The standard InChI is InChI=1S/C22H23N5O4/c1-5-27-20(25-18(22(29)30)19(31-4)21(27)28)12(2)17(16-11-24-26-13(16)3)15-9-7-6-8-14(15)10-23/h6-9,11-12,17H,5H2,1-4H3,(H,24,26)(H,29,30)/t12?,17-/m0/s1. The largest absolute Gasteiger partial charge is 0.489 e. The Labute approximate surface area is 179 Å². The van der Waals surface area contributed by atoms with E-state index in [4.69, 9.17) is 4.74 Å². The minimum atomic E-state index is -1.35. The molecule has 0 saturated carbocycles. The van der Waals surface area contributed by atoms with Gasteiger partial charge in [0.1, 0.15) is 5.82 Å². The fourth-order valence-electron chi connectivity index (χ4n) is 3.93. The summed E-state index contributed by atoms with van der Waals surface area (Å²) in [6, 6.07) is 9.41. The van der Waals surface area contributed by atoms with Crippen molar-refractivity contribution in [3.8, 4) is 11.8 Å². The van der Waals surface area contributed by atoms with Crippen LogP contribution in [0.3, 0.4) is 0 Å². The first-order valence-electron chi connectivity index (χ1n) is 9.76. The third-order valence-electron chi connectivity index (χ3n) is 5.41. The number of carbonyl (C=O) groups is 1. The molecule has 9 heteroatoms. The van der Waals surface area contributed by atoms with E-state index in [0.717, 1.165) is 16.8 Å². The maximum absolute atomic E-state index is 13.0. The number of nitriles is 1. The number of aromatic carboxylic acids is 1. The molecule has 0 spiro atoms. The topological polar surface area (TPSA) is 134 Å². The van der Waals surface area contributed by atoms with Gasteiger partial charge in [-0.15, -0.1) is 0 Å². The minimum Gasteiger partial charge on any atom is -0.489 e. The Hall–Kier alpha value is -3.93. The van der Waals surface area contributed by atoms with Gasteiger partial charge in [0.2, 0.25) is 5.75 Å². The highest BCUT2D eigenvalue weighted by molar-refractivity contribution is 5.88. The number of aromatic nitrogens is 4. The Morgan fingerprint density at radius 2 is 2.06 bits per heavy atom. The second kappa shape index (κ2) is 8.83. The number of aryl methyl sites for hydroxylation is 1. The molecule has 3 aromatic rings. The number of rotatable bonds is 7. The molecule has 0 amide bonds. The van der Waals surface area contributed by atoms with Crippen molar-refractivity contribution in [2.75, 3.05) is 7.11 Å². The van der Waals surface area contributed by atoms with Crippen LogP contribution in [-0.4, -0.2) is 37.9 Å². The van der Waals surface area contributed by atoms with Gasteiger partial charge in [-0.1, -0.05) is 25.1 Å². The number of benzene rings is 1. The highest BCUT2D eigenvalue weighted by atomic mass is 16.5. The van der Waals surface area contributed by atoms with Crippen molar-refractivity contribution in [1.82, 2.24) is 19.7 Å². The second-order valence-electron chi connectivity index (χ2n) is 7.12. The molecule has 0 fully saturated rings. The van der Waals surface area contributed by atoms with E-state index in [1.54, 1.807) is 25.3 Å². The summed E-state index contributed by atoms with van der Waals surface area (Å²) in [6.45, 7) is 5.78. The summed E-state index contributed by atoms with van der Waals surface area (Å²) in [7, 11) is 1.24. The average Bonchev–Trinajstić information content (AvgIpc) is 3.18. The summed E-state index contributed by atoms with van der Waals surface area (Å²) in [5.74, 6) is -2.21. The first kappa shape index (κ1) is 21.8. The lowest BCUT2D eigenvalue weighted by atomic mass is 9.79. The maximum atomic E-state index is 13.0. The second-order valence-corrected chi connectivity index (χ2v) is 7.12. The van der Waals surface area contributed by atoms with E-state index in [1.807, 2.05) is 26.0 Å². The van der Waals surface area contributed by atoms with Crippen molar-refractivity contribution >= 4 is 5.97 Å². The van der Waals surface area contributed by atoms with Crippen LogP contribution in [-0.2, 0) is 6.54 Å². The summed E-state index contributed by atoms with van der Waals surface area (Å²) in [5, 5.41) is 26.3. The van der Waals surface area contributed by atoms with Gasteiger partial charge in [-0.05, 0) is 25.5 Å². The molecule has 2 aromatic heterocycles. The molecule has 0 bridgehead atoms. The number of H-pyrrole nitrogens is 1. The predicted molar refractivity (Wildman–Crippen MR) is 112 cm³/mol. The van der Waals surface area contributed by atoms with E-state index in [1.165, 1.54) is 11.7 Å². The number of aromatic amines is 1. The SMILES string of the molecule is CCn1c(C(C)[C@@H](c2ccccc2C#N)c2cn[nH]c2C)nc(C(=O)O)c(OC)c1=O. The normalized spacial score (nSPS) is 12.7. The number of carboxylic acid groups (broad SMARTS) is 1. The highest BCUT2D eigenvalue weighted by Gasteiger charge is 2.32. The van der Waals surface area contributed by atoms with Crippen LogP contribution in [0.5, 0.6) is 5.75 Å². The van der Waals surface area contributed by atoms with Crippen LogP contribution < -0.4 is 10.3 Å². The van der Waals surface area contributed by atoms with Crippen molar-refractivity contribution < 1.29 is 14.6 Å². The number of nitrogens with zero attached hydrogens (tertiary/aromatic N) is 4. The molecule has 0 aliphatic rings. The molecular weight excluding hydrogens is 398 g/mol. The van der Waals surface area contributed by atoms with Gasteiger partial charge >= 0.3 is 5.97 Å².